The van der Waals surface area contributed by atoms with Crippen molar-refractivity contribution in [2.45, 2.75) is 102 Å². The standard InChI is InChI=1S/C28H42N4.ClH3O4.Cu/c1-5-13-25-21(9-1)17-29-26-14-6-2-11-23(26)19-31-28-16-8-4-12-24(28)20-32-27-15-7-3-10-22(27)18-30-25;2-1(3,4)5;/h1,5,13,17,22-24,26-28H,2-4,6-12,14-16,18-20H2;2-4H;/q-4;;+2/b21-17-;;. The predicted octanol–water partition coefficient (Wildman–Crippen LogP) is 5.04. The molecule has 3 fully saturated rings. The van der Waals surface area contributed by atoms with Crippen LogP contribution in [0, 0.1) is 28.0 Å². The van der Waals surface area contributed by atoms with Crippen molar-refractivity contribution in [1.29, 1.82) is 0 Å². The summed E-state index contributed by atoms with van der Waals surface area (Å²) in [5.41, 5.74) is 2.47. The van der Waals surface area contributed by atoms with E-state index in [4.69, 9.17) is 39.9 Å². The molecular formula is C28H45ClCuN4O4-2. The molecule has 221 valence electrons. The maximum absolute atomic E-state index is 8.83. The van der Waals surface area contributed by atoms with Gasteiger partial charge < -0.3 is 21.3 Å². The molecule has 0 amide bonds. The van der Waals surface area contributed by atoms with Crippen LogP contribution in [0.3, 0.4) is 0 Å². The Kier molecular flexibility index (Phi) is 13.4. The van der Waals surface area contributed by atoms with Gasteiger partial charge in [0.1, 0.15) is 0 Å². The molecule has 38 heavy (non-hydrogen) atoms. The summed E-state index contributed by atoms with van der Waals surface area (Å²) in [5, 5.41) is 21.0. The molecule has 6 unspecified atom stereocenters. The average molecular weight is 601 g/mol. The van der Waals surface area contributed by atoms with E-state index in [1.165, 1.54) is 82.6 Å². The maximum atomic E-state index is 8.83. The van der Waals surface area contributed by atoms with Crippen LogP contribution in [0.25, 0.3) is 21.3 Å². The van der Waals surface area contributed by atoms with Gasteiger partial charge in [0.25, 0.3) is 0 Å². The van der Waals surface area contributed by atoms with Crippen LogP contribution < -0.4 is 4.66 Å². The van der Waals surface area contributed by atoms with E-state index in [-0.39, 0.29) is 17.1 Å². The molecule has 0 bridgehead atoms. The van der Waals surface area contributed by atoms with Gasteiger partial charge in [0, 0.05) is 0 Å². The fourth-order valence-corrected chi connectivity index (χ4v) is 6.66. The van der Waals surface area contributed by atoms with Crippen LogP contribution in [0.2, 0.25) is 0 Å². The Labute approximate surface area is 241 Å². The second kappa shape index (κ2) is 16.0. The molecule has 1 aliphatic heterocycles. The van der Waals surface area contributed by atoms with Crippen LogP contribution >= 0.6 is 0 Å². The number of hydrogen-bond donors (Lipinski definition) is 3. The first-order valence-electron chi connectivity index (χ1n) is 14.3. The van der Waals surface area contributed by atoms with Crippen LogP contribution in [0.4, 0.5) is 0 Å². The number of allylic oxidation sites excluding steroid dienone is 4. The second-order valence-corrected chi connectivity index (χ2v) is 12.2. The fraction of sp³-hybridized carbons (Fsp3) is 0.786. The number of fused-ring (bicyclic) bond motifs is 4. The van der Waals surface area contributed by atoms with Crippen molar-refractivity contribution in [2.24, 2.45) is 17.8 Å². The zero-order valence-electron chi connectivity index (χ0n) is 22.3. The molecule has 0 aromatic rings. The van der Waals surface area contributed by atoms with Crippen molar-refractivity contribution in [3.8, 4) is 0 Å². The molecule has 3 saturated carbocycles. The van der Waals surface area contributed by atoms with E-state index >= 15 is 0 Å². The summed E-state index contributed by atoms with van der Waals surface area (Å²) < 4.78 is 30.2. The van der Waals surface area contributed by atoms with Crippen LogP contribution in [0.1, 0.15) is 83.5 Å². The minimum atomic E-state index is -4.19. The molecular weight excluding hydrogens is 555 g/mol. The summed E-state index contributed by atoms with van der Waals surface area (Å²) >= 11 is 0. The SMILES string of the molecule is C1=CC/C2=C/[N-]C3CCCCC3C[N-]C3CCCCC3C[N-]C3CCCCC3C[N-]C2=C1.[Cu+2].[O-][Cl+](O)(O)O. The van der Waals surface area contributed by atoms with Crippen LogP contribution in [-0.4, -0.2) is 51.7 Å². The third-order valence-electron chi connectivity index (χ3n) is 8.73. The van der Waals surface area contributed by atoms with Gasteiger partial charge >= 0.3 is 45.9 Å². The monoisotopic (exact) mass is 599 g/mol. The summed E-state index contributed by atoms with van der Waals surface area (Å²) in [6.07, 6.45) is 25.5. The summed E-state index contributed by atoms with van der Waals surface area (Å²) in [5.74, 6) is 1.91. The zero-order valence-corrected chi connectivity index (χ0v) is 24.0. The van der Waals surface area contributed by atoms with Gasteiger partial charge in [-0.05, 0) is 6.42 Å². The number of rotatable bonds is 0. The molecule has 10 heteroatoms. The Morgan fingerprint density at radius 1 is 0.711 bits per heavy atom. The van der Waals surface area contributed by atoms with Gasteiger partial charge in [-0.2, -0.15) is 6.20 Å². The summed E-state index contributed by atoms with van der Waals surface area (Å²) in [7, 11) is -4.19. The molecule has 1 radical (unpaired) electrons. The summed E-state index contributed by atoms with van der Waals surface area (Å²) in [6.45, 7) is 2.97. The van der Waals surface area contributed by atoms with Crippen LogP contribution in [-0.2, 0) is 17.1 Å². The van der Waals surface area contributed by atoms with Gasteiger partial charge in [-0.25, -0.2) is 0 Å². The van der Waals surface area contributed by atoms with Crippen molar-refractivity contribution in [2.75, 3.05) is 19.6 Å². The van der Waals surface area contributed by atoms with Gasteiger partial charge in [0.2, 0.25) is 0 Å². The molecule has 0 spiro atoms. The first-order valence-corrected chi connectivity index (χ1v) is 15.6. The van der Waals surface area contributed by atoms with Gasteiger partial charge in [-0.3, -0.25) is 0 Å². The molecule has 5 aliphatic rings. The van der Waals surface area contributed by atoms with Gasteiger partial charge in [-0.1, -0.05) is 119 Å². The van der Waals surface area contributed by atoms with E-state index in [2.05, 4.69) is 24.4 Å². The van der Waals surface area contributed by atoms with Crippen molar-refractivity contribution in [1.82, 2.24) is 0 Å². The van der Waals surface area contributed by atoms with E-state index in [0.717, 1.165) is 31.8 Å². The molecule has 0 aromatic heterocycles. The molecule has 5 rings (SSSR count). The zero-order chi connectivity index (χ0) is 26.1. The predicted molar refractivity (Wildman–Crippen MR) is 142 cm³/mol. The van der Waals surface area contributed by atoms with Crippen molar-refractivity contribution < 1.29 is 45.9 Å². The molecule has 0 aromatic carbocycles. The molecule has 0 saturated heterocycles. The average Bonchev–Trinajstić information content (AvgIpc) is 2.89. The Morgan fingerprint density at radius 2 is 1.18 bits per heavy atom. The summed E-state index contributed by atoms with van der Waals surface area (Å²) in [4.78, 5) is 0. The fourth-order valence-electron chi connectivity index (χ4n) is 6.66. The van der Waals surface area contributed by atoms with Crippen molar-refractivity contribution in [3.63, 3.8) is 0 Å². The van der Waals surface area contributed by atoms with Crippen LogP contribution in [0.5, 0.6) is 0 Å². The van der Waals surface area contributed by atoms with E-state index < -0.39 is 10.2 Å². The first kappa shape index (κ1) is 31.9. The number of hydrogen-bond acceptors (Lipinski definition) is 4. The van der Waals surface area contributed by atoms with E-state index in [0.29, 0.717) is 35.9 Å². The normalized spacial score (nSPS) is 36.2. The third kappa shape index (κ3) is 10.4. The number of nitrogens with zero attached hydrogens (tertiary/aromatic N) is 4. The van der Waals surface area contributed by atoms with Crippen molar-refractivity contribution in [3.05, 3.63) is 57.0 Å². The first-order chi connectivity index (χ1) is 17.9. The Hall–Kier alpha value is -0.611. The molecule has 6 atom stereocenters. The Morgan fingerprint density at radius 3 is 1.76 bits per heavy atom. The third-order valence-corrected chi connectivity index (χ3v) is 8.73. The number of halogens is 1. The summed E-state index contributed by atoms with van der Waals surface area (Å²) in [6, 6.07) is 1.48. The topological polar surface area (TPSA) is 140 Å². The Bertz CT molecular complexity index is 800. The van der Waals surface area contributed by atoms with Crippen molar-refractivity contribution >= 4 is 0 Å². The van der Waals surface area contributed by atoms with E-state index in [9.17, 15) is 0 Å². The van der Waals surface area contributed by atoms with Crippen LogP contribution in [0.15, 0.2) is 35.7 Å². The van der Waals surface area contributed by atoms with Gasteiger partial charge in [0.15, 0.2) is 0 Å². The Balaban J connectivity index is 0.000000612. The second-order valence-electron chi connectivity index (χ2n) is 11.3. The quantitative estimate of drug-likeness (QED) is 0.335. The van der Waals surface area contributed by atoms with E-state index in [1.807, 2.05) is 0 Å². The molecule has 8 nitrogen and oxygen atoms in total. The molecule has 4 aliphatic carbocycles. The van der Waals surface area contributed by atoms with E-state index in [1.54, 1.807) is 0 Å². The molecule has 3 N–H and O–H groups in total. The van der Waals surface area contributed by atoms with Gasteiger partial charge in [-0.15, -0.1) is 43.5 Å². The van der Waals surface area contributed by atoms with Gasteiger partial charge in [0.05, 0.1) is 0 Å². The molecule has 1 heterocycles. The minimum absolute atomic E-state index is 0.